The number of nitrogens with zero attached hydrogens (tertiary/aromatic N) is 1. The van der Waals surface area contributed by atoms with Gasteiger partial charge in [0.05, 0.1) is 0 Å². The van der Waals surface area contributed by atoms with Gasteiger partial charge in [0.25, 0.3) is 0 Å². The minimum absolute atomic E-state index is 0.224. The van der Waals surface area contributed by atoms with Gasteiger partial charge in [-0.3, -0.25) is 4.79 Å². The maximum absolute atomic E-state index is 11.1. The Bertz CT molecular complexity index is 259. The van der Waals surface area contributed by atoms with E-state index in [2.05, 4.69) is 22.5 Å². The van der Waals surface area contributed by atoms with Crippen molar-refractivity contribution in [1.82, 2.24) is 15.5 Å². The van der Waals surface area contributed by atoms with Gasteiger partial charge in [-0.1, -0.05) is 0 Å². The molecule has 2 fully saturated rings. The number of likely N-dealkylation sites (tertiary alicyclic amines) is 1. The lowest BCUT2D eigenvalue weighted by atomic mass is 9.90. The first kappa shape index (κ1) is 11.9. The van der Waals surface area contributed by atoms with Crippen LogP contribution in [0.2, 0.25) is 0 Å². The molecule has 0 aromatic heterocycles. The summed E-state index contributed by atoms with van der Waals surface area (Å²) in [5.74, 6) is 0.224. The Balaban J connectivity index is 1.75. The van der Waals surface area contributed by atoms with Crippen LogP contribution in [0.4, 0.5) is 0 Å². The number of hydrogen-bond acceptors (Lipinski definition) is 3. The lowest BCUT2D eigenvalue weighted by Gasteiger charge is -2.40. The SMILES string of the molecule is CNC1(C)CCN(CC2CCC(=O)N2)CC1. The molecule has 4 nitrogen and oxygen atoms in total. The van der Waals surface area contributed by atoms with Crippen LogP contribution in [0.25, 0.3) is 0 Å². The van der Waals surface area contributed by atoms with E-state index >= 15 is 0 Å². The first-order chi connectivity index (χ1) is 7.61. The van der Waals surface area contributed by atoms with Crippen LogP contribution in [-0.2, 0) is 4.79 Å². The second kappa shape index (κ2) is 4.72. The molecule has 2 rings (SSSR count). The highest BCUT2D eigenvalue weighted by molar-refractivity contribution is 5.78. The fraction of sp³-hybridized carbons (Fsp3) is 0.917. The van der Waals surface area contributed by atoms with Crippen LogP contribution in [-0.4, -0.2) is 49.1 Å². The standard InChI is InChI=1S/C12H23N3O/c1-12(13-2)5-7-15(8-6-12)9-10-3-4-11(16)14-10/h10,13H,3-9H2,1-2H3,(H,14,16). The van der Waals surface area contributed by atoms with Crippen LogP contribution < -0.4 is 10.6 Å². The van der Waals surface area contributed by atoms with Crippen LogP contribution in [0, 0.1) is 0 Å². The molecule has 0 saturated carbocycles. The lowest BCUT2D eigenvalue weighted by Crippen LogP contribution is -2.52. The first-order valence-corrected chi connectivity index (χ1v) is 6.32. The number of amides is 1. The molecule has 2 saturated heterocycles. The molecule has 1 atom stereocenters. The van der Waals surface area contributed by atoms with E-state index in [9.17, 15) is 4.79 Å². The molecule has 1 unspecified atom stereocenters. The Morgan fingerprint density at radius 2 is 2.19 bits per heavy atom. The van der Waals surface area contributed by atoms with E-state index in [0.29, 0.717) is 18.0 Å². The van der Waals surface area contributed by atoms with Crippen molar-refractivity contribution in [1.29, 1.82) is 0 Å². The van der Waals surface area contributed by atoms with Crippen molar-refractivity contribution in [3.8, 4) is 0 Å². The molecule has 2 aliphatic heterocycles. The second-order valence-electron chi connectivity index (χ2n) is 5.41. The monoisotopic (exact) mass is 225 g/mol. The maximum Gasteiger partial charge on any atom is 0.220 e. The summed E-state index contributed by atoms with van der Waals surface area (Å²) >= 11 is 0. The van der Waals surface area contributed by atoms with E-state index in [1.54, 1.807) is 0 Å². The number of piperidine rings is 1. The molecule has 2 heterocycles. The third kappa shape index (κ3) is 2.74. The predicted molar refractivity (Wildman–Crippen MR) is 64.3 cm³/mol. The van der Waals surface area contributed by atoms with Crippen molar-refractivity contribution >= 4 is 5.91 Å². The molecular weight excluding hydrogens is 202 g/mol. The van der Waals surface area contributed by atoms with Crippen molar-refractivity contribution in [3.63, 3.8) is 0 Å². The lowest BCUT2D eigenvalue weighted by molar-refractivity contribution is -0.119. The molecule has 4 heteroatoms. The van der Waals surface area contributed by atoms with Gasteiger partial charge >= 0.3 is 0 Å². The fourth-order valence-electron chi connectivity index (χ4n) is 2.61. The van der Waals surface area contributed by atoms with Crippen LogP contribution in [0.3, 0.4) is 0 Å². The van der Waals surface area contributed by atoms with Gasteiger partial charge in [-0.25, -0.2) is 0 Å². The van der Waals surface area contributed by atoms with Crippen molar-refractivity contribution < 1.29 is 4.79 Å². The van der Waals surface area contributed by atoms with Gasteiger partial charge in [-0.2, -0.15) is 0 Å². The summed E-state index contributed by atoms with van der Waals surface area (Å²) in [5.41, 5.74) is 0.315. The number of rotatable bonds is 3. The normalized spacial score (nSPS) is 30.4. The van der Waals surface area contributed by atoms with E-state index < -0.39 is 0 Å². The zero-order valence-electron chi connectivity index (χ0n) is 10.4. The minimum Gasteiger partial charge on any atom is -0.352 e. The summed E-state index contributed by atoms with van der Waals surface area (Å²) in [4.78, 5) is 13.6. The molecule has 0 aromatic carbocycles. The Hall–Kier alpha value is -0.610. The molecule has 2 N–H and O–H groups in total. The highest BCUT2D eigenvalue weighted by Crippen LogP contribution is 2.21. The maximum atomic E-state index is 11.1. The second-order valence-corrected chi connectivity index (χ2v) is 5.41. The number of carbonyl (C=O) groups excluding carboxylic acids is 1. The minimum atomic E-state index is 0.224. The Morgan fingerprint density at radius 3 is 2.69 bits per heavy atom. The fourth-order valence-corrected chi connectivity index (χ4v) is 2.61. The largest absolute Gasteiger partial charge is 0.352 e. The van der Waals surface area contributed by atoms with Crippen LogP contribution in [0.5, 0.6) is 0 Å². The molecule has 2 aliphatic rings. The van der Waals surface area contributed by atoms with Crippen molar-refractivity contribution in [2.24, 2.45) is 0 Å². The van der Waals surface area contributed by atoms with Gasteiger partial charge in [0.2, 0.25) is 5.91 Å². The molecule has 0 spiro atoms. The molecular formula is C12H23N3O. The molecule has 0 aliphatic carbocycles. The van der Waals surface area contributed by atoms with Gasteiger partial charge in [-0.05, 0) is 46.3 Å². The van der Waals surface area contributed by atoms with Crippen molar-refractivity contribution in [2.45, 2.75) is 44.2 Å². The highest BCUT2D eigenvalue weighted by Gasteiger charge is 2.30. The van der Waals surface area contributed by atoms with Gasteiger partial charge in [0, 0.05) is 24.5 Å². The van der Waals surface area contributed by atoms with E-state index in [1.807, 2.05) is 7.05 Å². The molecule has 0 aromatic rings. The van der Waals surface area contributed by atoms with Gasteiger partial charge < -0.3 is 15.5 Å². The molecule has 1 amide bonds. The zero-order chi connectivity index (χ0) is 11.6. The first-order valence-electron chi connectivity index (χ1n) is 6.32. The Kier molecular flexibility index (Phi) is 3.50. The van der Waals surface area contributed by atoms with Crippen LogP contribution in [0.15, 0.2) is 0 Å². The summed E-state index contributed by atoms with van der Waals surface area (Å²) in [6, 6.07) is 0.395. The van der Waals surface area contributed by atoms with E-state index in [-0.39, 0.29) is 5.91 Å². The van der Waals surface area contributed by atoms with Gasteiger partial charge in [0.1, 0.15) is 0 Å². The van der Waals surface area contributed by atoms with Gasteiger partial charge in [-0.15, -0.1) is 0 Å². The number of hydrogen-bond donors (Lipinski definition) is 2. The van der Waals surface area contributed by atoms with Crippen molar-refractivity contribution in [2.75, 3.05) is 26.7 Å². The van der Waals surface area contributed by atoms with E-state index in [0.717, 1.165) is 26.1 Å². The molecule has 0 bridgehead atoms. The summed E-state index contributed by atoms with van der Waals surface area (Å²) in [7, 11) is 2.05. The van der Waals surface area contributed by atoms with Crippen LogP contribution >= 0.6 is 0 Å². The Morgan fingerprint density at radius 1 is 1.50 bits per heavy atom. The van der Waals surface area contributed by atoms with E-state index in [4.69, 9.17) is 0 Å². The molecule has 0 radical (unpaired) electrons. The zero-order valence-corrected chi connectivity index (χ0v) is 10.4. The third-order valence-electron chi connectivity index (χ3n) is 4.13. The average molecular weight is 225 g/mol. The summed E-state index contributed by atoms with van der Waals surface area (Å²) < 4.78 is 0. The van der Waals surface area contributed by atoms with Crippen molar-refractivity contribution in [3.05, 3.63) is 0 Å². The third-order valence-corrected chi connectivity index (χ3v) is 4.13. The topological polar surface area (TPSA) is 44.4 Å². The summed E-state index contributed by atoms with van der Waals surface area (Å²) in [6.07, 6.45) is 4.12. The summed E-state index contributed by atoms with van der Waals surface area (Å²) in [6.45, 7) is 5.61. The van der Waals surface area contributed by atoms with E-state index in [1.165, 1.54) is 12.8 Å². The predicted octanol–water partition coefficient (Wildman–Crippen LogP) is 0.339. The molecule has 16 heavy (non-hydrogen) atoms. The quantitative estimate of drug-likeness (QED) is 0.728. The number of nitrogens with one attached hydrogen (secondary N) is 2. The summed E-state index contributed by atoms with van der Waals surface area (Å²) in [5, 5.41) is 6.44. The Labute approximate surface area is 97.8 Å². The smallest absolute Gasteiger partial charge is 0.220 e. The number of carbonyl (C=O) groups is 1. The van der Waals surface area contributed by atoms with Gasteiger partial charge in [0.15, 0.2) is 0 Å². The molecule has 92 valence electrons. The van der Waals surface area contributed by atoms with Crippen LogP contribution in [0.1, 0.15) is 32.6 Å². The highest BCUT2D eigenvalue weighted by atomic mass is 16.1. The average Bonchev–Trinajstić information content (AvgIpc) is 2.68.